The maximum absolute atomic E-state index is 11.9. The number of hydrogen-bond donors (Lipinski definition) is 0. The van der Waals surface area contributed by atoms with Crippen molar-refractivity contribution in [3.8, 4) is 11.5 Å². The zero-order valence-electron chi connectivity index (χ0n) is 14.3. The molecular weight excluding hydrogens is 419 g/mol. The van der Waals surface area contributed by atoms with Gasteiger partial charge in [-0.15, -0.1) is 0 Å². The molecule has 3 rings (SSSR count). The van der Waals surface area contributed by atoms with E-state index in [1.54, 1.807) is 7.11 Å². The largest absolute Gasteiger partial charge is 0.493 e. The van der Waals surface area contributed by atoms with Crippen molar-refractivity contribution >= 4 is 28.5 Å². The Morgan fingerprint density at radius 2 is 1.88 bits per heavy atom. The molecule has 1 aromatic carbocycles. The second-order valence-electron chi connectivity index (χ2n) is 6.63. The second-order valence-corrected chi connectivity index (χ2v) is 7.87. The molecule has 0 bridgehead atoms. The third-order valence-electron chi connectivity index (χ3n) is 5.07. The first-order chi connectivity index (χ1) is 11.6. The number of carbonyl (C=O) groups excluding carboxylic acids is 1. The lowest BCUT2D eigenvalue weighted by Crippen LogP contribution is -2.53. The van der Waals surface area contributed by atoms with Crippen molar-refractivity contribution in [2.75, 3.05) is 33.8 Å². The van der Waals surface area contributed by atoms with Crippen molar-refractivity contribution in [3.05, 3.63) is 21.8 Å². The zero-order valence-corrected chi connectivity index (χ0v) is 16.5. The van der Waals surface area contributed by atoms with Crippen molar-refractivity contribution < 1.29 is 14.3 Å². The van der Waals surface area contributed by atoms with Gasteiger partial charge in [0.25, 0.3) is 0 Å². The molecule has 24 heavy (non-hydrogen) atoms. The number of methoxy groups -OCH3 is 1. The SMILES string of the molecule is COc1cc(I)ccc1OC1CCC(N2CCN(C)C(=O)C2)CC1. The Balaban J connectivity index is 1.53. The lowest BCUT2D eigenvalue weighted by molar-refractivity contribution is -0.135. The maximum Gasteiger partial charge on any atom is 0.236 e. The number of nitrogens with zero attached hydrogens (tertiary/aromatic N) is 2. The van der Waals surface area contributed by atoms with E-state index in [2.05, 4.69) is 27.5 Å². The van der Waals surface area contributed by atoms with E-state index in [0.29, 0.717) is 12.6 Å². The molecule has 1 aromatic rings. The fourth-order valence-electron chi connectivity index (χ4n) is 3.53. The molecule has 1 saturated heterocycles. The molecule has 0 N–H and O–H groups in total. The minimum atomic E-state index is 0.235. The Hall–Kier alpha value is -1.02. The molecular formula is C18H25IN2O3. The molecule has 0 unspecified atom stereocenters. The number of likely N-dealkylation sites (N-methyl/N-ethyl adjacent to an activating group) is 1. The molecule has 0 radical (unpaired) electrons. The monoisotopic (exact) mass is 444 g/mol. The molecule has 132 valence electrons. The van der Waals surface area contributed by atoms with Crippen molar-refractivity contribution in [1.82, 2.24) is 9.80 Å². The van der Waals surface area contributed by atoms with Gasteiger partial charge in [-0.25, -0.2) is 0 Å². The van der Waals surface area contributed by atoms with Crippen LogP contribution in [0, 0.1) is 3.57 Å². The Morgan fingerprint density at radius 3 is 2.54 bits per heavy atom. The lowest BCUT2D eigenvalue weighted by Gasteiger charge is -2.40. The summed E-state index contributed by atoms with van der Waals surface area (Å²) in [5, 5.41) is 0. The summed E-state index contributed by atoms with van der Waals surface area (Å²) >= 11 is 2.27. The standard InChI is InChI=1S/C18H25IN2O3/c1-20-9-10-21(12-18(20)22)14-4-6-15(7-5-14)24-16-8-3-13(19)11-17(16)23-2/h3,8,11,14-15H,4-7,9-10,12H2,1-2H3. The van der Waals surface area contributed by atoms with Crippen molar-refractivity contribution in [2.24, 2.45) is 0 Å². The zero-order chi connectivity index (χ0) is 17.1. The summed E-state index contributed by atoms with van der Waals surface area (Å²) in [4.78, 5) is 16.1. The van der Waals surface area contributed by atoms with Gasteiger partial charge < -0.3 is 14.4 Å². The van der Waals surface area contributed by atoms with Crippen LogP contribution in [0.25, 0.3) is 0 Å². The van der Waals surface area contributed by atoms with E-state index >= 15 is 0 Å². The fraction of sp³-hybridized carbons (Fsp3) is 0.611. The van der Waals surface area contributed by atoms with Gasteiger partial charge in [-0.3, -0.25) is 9.69 Å². The maximum atomic E-state index is 11.9. The summed E-state index contributed by atoms with van der Waals surface area (Å²) in [5.41, 5.74) is 0. The first-order valence-electron chi connectivity index (χ1n) is 8.55. The first-order valence-corrected chi connectivity index (χ1v) is 9.63. The first kappa shape index (κ1) is 17.8. The molecule has 0 spiro atoms. The van der Waals surface area contributed by atoms with E-state index in [1.807, 2.05) is 30.1 Å². The predicted molar refractivity (Wildman–Crippen MR) is 102 cm³/mol. The Morgan fingerprint density at radius 1 is 1.12 bits per heavy atom. The van der Waals surface area contributed by atoms with Crippen LogP contribution in [0.5, 0.6) is 11.5 Å². The van der Waals surface area contributed by atoms with Gasteiger partial charge >= 0.3 is 0 Å². The number of benzene rings is 1. The number of piperazine rings is 1. The average molecular weight is 444 g/mol. The van der Waals surface area contributed by atoms with E-state index in [9.17, 15) is 4.79 Å². The molecule has 1 aliphatic heterocycles. The number of rotatable bonds is 4. The van der Waals surface area contributed by atoms with Crippen LogP contribution in [-0.2, 0) is 4.79 Å². The van der Waals surface area contributed by atoms with E-state index < -0.39 is 0 Å². The molecule has 1 aliphatic carbocycles. The molecule has 6 heteroatoms. The fourth-order valence-corrected chi connectivity index (χ4v) is 4.00. The molecule has 2 aliphatic rings. The van der Waals surface area contributed by atoms with Gasteiger partial charge in [-0.2, -0.15) is 0 Å². The van der Waals surface area contributed by atoms with E-state index in [4.69, 9.17) is 9.47 Å². The molecule has 2 fully saturated rings. The highest BCUT2D eigenvalue weighted by molar-refractivity contribution is 14.1. The molecule has 0 atom stereocenters. The number of hydrogen-bond acceptors (Lipinski definition) is 4. The molecule has 0 aromatic heterocycles. The van der Waals surface area contributed by atoms with Gasteiger partial charge in [0.2, 0.25) is 5.91 Å². The Bertz CT molecular complexity index is 588. The summed E-state index contributed by atoms with van der Waals surface area (Å²) in [6, 6.07) is 6.55. The van der Waals surface area contributed by atoms with Gasteiger partial charge in [0.1, 0.15) is 0 Å². The highest BCUT2D eigenvalue weighted by atomic mass is 127. The summed E-state index contributed by atoms with van der Waals surface area (Å²) in [5.74, 6) is 1.87. The number of ether oxygens (including phenoxy) is 2. The van der Waals surface area contributed by atoms with Crippen LogP contribution >= 0.6 is 22.6 Å². The highest BCUT2D eigenvalue weighted by Crippen LogP contribution is 2.33. The molecule has 1 amide bonds. The van der Waals surface area contributed by atoms with Crippen molar-refractivity contribution in [3.63, 3.8) is 0 Å². The molecule has 1 saturated carbocycles. The summed E-state index contributed by atoms with van der Waals surface area (Å²) in [7, 11) is 3.57. The average Bonchev–Trinajstić information content (AvgIpc) is 2.59. The van der Waals surface area contributed by atoms with Crippen molar-refractivity contribution in [1.29, 1.82) is 0 Å². The second kappa shape index (κ2) is 7.91. The van der Waals surface area contributed by atoms with E-state index in [1.165, 1.54) is 0 Å². The van der Waals surface area contributed by atoms with Gasteiger partial charge in [0.05, 0.1) is 19.8 Å². The van der Waals surface area contributed by atoms with Gasteiger partial charge in [-0.05, 0) is 66.5 Å². The minimum absolute atomic E-state index is 0.235. The van der Waals surface area contributed by atoms with Crippen LogP contribution in [0.3, 0.4) is 0 Å². The van der Waals surface area contributed by atoms with E-state index in [0.717, 1.165) is 53.8 Å². The highest BCUT2D eigenvalue weighted by Gasteiger charge is 2.31. The van der Waals surface area contributed by atoms with Crippen LogP contribution in [-0.4, -0.2) is 61.6 Å². The summed E-state index contributed by atoms with van der Waals surface area (Å²) in [6.07, 6.45) is 4.47. The van der Waals surface area contributed by atoms with Crippen LogP contribution < -0.4 is 9.47 Å². The quantitative estimate of drug-likeness (QED) is 0.671. The van der Waals surface area contributed by atoms with Crippen LogP contribution in [0.15, 0.2) is 18.2 Å². The van der Waals surface area contributed by atoms with Crippen LogP contribution in [0.1, 0.15) is 25.7 Å². The number of amides is 1. The lowest BCUT2D eigenvalue weighted by atomic mass is 9.91. The normalized spacial score (nSPS) is 25.6. The Labute approximate surface area is 157 Å². The predicted octanol–water partition coefficient (Wildman–Crippen LogP) is 2.76. The van der Waals surface area contributed by atoms with Crippen LogP contribution in [0.2, 0.25) is 0 Å². The van der Waals surface area contributed by atoms with E-state index in [-0.39, 0.29) is 12.0 Å². The third kappa shape index (κ3) is 4.14. The third-order valence-corrected chi connectivity index (χ3v) is 5.74. The summed E-state index contributed by atoms with van der Waals surface area (Å²) in [6.45, 7) is 2.40. The topological polar surface area (TPSA) is 42.0 Å². The van der Waals surface area contributed by atoms with Crippen LogP contribution in [0.4, 0.5) is 0 Å². The van der Waals surface area contributed by atoms with Gasteiger partial charge in [0.15, 0.2) is 11.5 Å². The molecule has 1 heterocycles. The van der Waals surface area contributed by atoms with Gasteiger partial charge in [0, 0.05) is 29.7 Å². The number of carbonyl (C=O) groups is 1. The number of halogens is 1. The van der Waals surface area contributed by atoms with Gasteiger partial charge in [-0.1, -0.05) is 0 Å². The minimum Gasteiger partial charge on any atom is -0.493 e. The molecule has 5 nitrogen and oxygen atoms in total. The van der Waals surface area contributed by atoms with Crippen molar-refractivity contribution in [2.45, 2.75) is 37.8 Å². The Kier molecular flexibility index (Phi) is 5.86. The smallest absolute Gasteiger partial charge is 0.236 e. The summed E-state index contributed by atoms with van der Waals surface area (Å²) < 4.78 is 12.7.